The van der Waals surface area contributed by atoms with E-state index in [0.717, 1.165) is 18.2 Å². The molecule has 1 fully saturated rings. The van der Waals surface area contributed by atoms with E-state index < -0.39 is 69.5 Å². The standard InChI is InChI=1S/C24H26BN5O11S/c1-2-29-8-9-30(22(34)21(29)33)24(37)28-18(12-6-7-16(15(31)10-12)42(26,39)40)20(32)27-17-11-13-4-3-5-14(23(35)36)19(13)41-25(17)38/h3-7,10,17-18,31,38H,2,8-9,11H2,1H3,(H,27,32)(H,28,37)(H,35,36)(H2,26,39,40). The van der Waals surface area contributed by atoms with Crippen molar-refractivity contribution in [2.45, 2.75) is 30.2 Å². The Morgan fingerprint density at radius 2 is 1.88 bits per heavy atom. The number of piperazine rings is 1. The highest BCUT2D eigenvalue weighted by Gasteiger charge is 2.41. The number of fused-ring (bicyclic) bond motifs is 1. The van der Waals surface area contributed by atoms with E-state index in [-0.39, 0.29) is 42.9 Å². The van der Waals surface area contributed by atoms with Gasteiger partial charge in [-0.3, -0.25) is 19.3 Å². The number of aromatic hydroxyl groups is 1. The molecule has 1 saturated heterocycles. The van der Waals surface area contributed by atoms with Gasteiger partial charge in [-0.15, -0.1) is 0 Å². The summed E-state index contributed by atoms with van der Waals surface area (Å²) >= 11 is 0. The van der Waals surface area contributed by atoms with Crippen LogP contribution in [0.2, 0.25) is 0 Å². The number of hydrogen-bond acceptors (Lipinski definition) is 10. The zero-order valence-corrected chi connectivity index (χ0v) is 22.8. The highest BCUT2D eigenvalue weighted by atomic mass is 32.2. The smallest absolute Gasteiger partial charge is 0.534 e. The van der Waals surface area contributed by atoms with Crippen LogP contribution in [0.1, 0.15) is 34.5 Å². The summed E-state index contributed by atoms with van der Waals surface area (Å²) in [4.78, 5) is 64.2. The molecule has 16 nitrogen and oxygen atoms in total. The Bertz CT molecular complexity index is 1580. The molecule has 7 N–H and O–H groups in total. The third-order valence-electron chi connectivity index (χ3n) is 6.77. The second-order valence-corrected chi connectivity index (χ2v) is 11.0. The van der Waals surface area contributed by atoms with Gasteiger partial charge in [0.25, 0.3) is 0 Å². The zero-order chi connectivity index (χ0) is 30.9. The summed E-state index contributed by atoms with van der Waals surface area (Å²) < 4.78 is 28.9. The minimum atomic E-state index is -4.35. The average molecular weight is 603 g/mol. The molecule has 0 aliphatic carbocycles. The molecule has 2 aliphatic rings. The molecule has 2 aliphatic heterocycles. The third kappa shape index (κ3) is 5.99. The van der Waals surface area contributed by atoms with Crippen LogP contribution < -0.4 is 20.4 Å². The summed E-state index contributed by atoms with van der Waals surface area (Å²) in [5, 5.41) is 40.1. The number of nitrogens with one attached hydrogen (secondary N) is 2. The van der Waals surface area contributed by atoms with Gasteiger partial charge >= 0.3 is 30.9 Å². The number of urea groups is 1. The van der Waals surface area contributed by atoms with Gasteiger partial charge in [-0.1, -0.05) is 18.2 Å². The minimum Gasteiger partial charge on any atom is -0.534 e. The lowest BCUT2D eigenvalue weighted by molar-refractivity contribution is -0.153. The SMILES string of the molecule is CCN1CCN(C(=O)NC(C(=O)NC2Cc3cccc(C(=O)O)c3OB2O)c2ccc(S(N)(=O)=O)c(O)c2)C(=O)C1=O. The number of benzene rings is 2. The van der Waals surface area contributed by atoms with Crippen molar-refractivity contribution < 1.29 is 52.3 Å². The molecule has 42 heavy (non-hydrogen) atoms. The predicted octanol–water partition coefficient (Wildman–Crippen LogP) is -1.68. The van der Waals surface area contributed by atoms with Gasteiger partial charge in [0.2, 0.25) is 15.9 Å². The van der Waals surface area contributed by atoms with Gasteiger partial charge in [-0.25, -0.2) is 23.1 Å². The molecule has 222 valence electrons. The second-order valence-electron chi connectivity index (χ2n) is 9.42. The fourth-order valence-electron chi connectivity index (χ4n) is 4.61. The molecule has 2 aromatic rings. The summed E-state index contributed by atoms with van der Waals surface area (Å²) in [5.74, 6) is -6.39. The first-order chi connectivity index (χ1) is 19.7. The number of para-hydroxylation sites is 1. The maximum atomic E-state index is 13.5. The number of carbonyl (C=O) groups excluding carboxylic acids is 4. The molecule has 0 radical (unpaired) electrons. The lowest BCUT2D eigenvalue weighted by atomic mass is 9.72. The quantitative estimate of drug-likeness (QED) is 0.154. The van der Waals surface area contributed by atoms with Crippen molar-refractivity contribution in [1.29, 1.82) is 0 Å². The molecule has 0 bridgehead atoms. The van der Waals surface area contributed by atoms with Gasteiger partial charge in [0.1, 0.15) is 22.4 Å². The molecular weight excluding hydrogens is 577 g/mol. The van der Waals surface area contributed by atoms with Crippen LogP contribution in [0.25, 0.3) is 0 Å². The molecule has 18 heteroatoms. The number of primary sulfonamides is 1. The maximum absolute atomic E-state index is 13.5. The van der Waals surface area contributed by atoms with Crippen molar-refractivity contribution >= 4 is 46.9 Å². The normalized spacial score (nSPS) is 17.7. The number of nitrogens with two attached hydrogens (primary N) is 1. The number of carboxylic acid groups (broad SMARTS) is 1. The Hall–Kier alpha value is -4.68. The zero-order valence-electron chi connectivity index (χ0n) is 22.0. The van der Waals surface area contributed by atoms with E-state index >= 15 is 0 Å². The van der Waals surface area contributed by atoms with E-state index in [9.17, 15) is 47.6 Å². The predicted molar refractivity (Wildman–Crippen MR) is 142 cm³/mol. The molecule has 2 atom stereocenters. The fourth-order valence-corrected chi connectivity index (χ4v) is 5.22. The van der Waals surface area contributed by atoms with Crippen LogP contribution >= 0.6 is 0 Å². The molecule has 2 unspecified atom stereocenters. The van der Waals surface area contributed by atoms with E-state index in [2.05, 4.69) is 10.6 Å². The van der Waals surface area contributed by atoms with Crippen LogP contribution in [0.3, 0.4) is 0 Å². The molecule has 4 rings (SSSR count). The Kier molecular flexibility index (Phi) is 8.42. The number of amides is 5. The summed E-state index contributed by atoms with van der Waals surface area (Å²) in [6.07, 6.45) is -0.0778. The lowest BCUT2D eigenvalue weighted by Gasteiger charge is -2.33. The Morgan fingerprint density at radius 1 is 1.17 bits per heavy atom. The number of aromatic carboxylic acids is 1. The minimum absolute atomic E-state index is 0.0541. The van der Waals surface area contributed by atoms with Crippen LogP contribution in [0.5, 0.6) is 11.5 Å². The van der Waals surface area contributed by atoms with Crippen LogP contribution in [0.4, 0.5) is 4.79 Å². The van der Waals surface area contributed by atoms with E-state index in [1.807, 2.05) is 0 Å². The van der Waals surface area contributed by atoms with Crippen molar-refractivity contribution in [2.24, 2.45) is 5.14 Å². The highest BCUT2D eigenvalue weighted by Crippen LogP contribution is 2.31. The lowest BCUT2D eigenvalue weighted by Crippen LogP contribution is -2.60. The summed E-state index contributed by atoms with van der Waals surface area (Å²) in [7, 11) is -6.06. The molecule has 2 heterocycles. The van der Waals surface area contributed by atoms with Crippen LogP contribution in [-0.2, 0) is 30.8 Å². The number of carbonyl (C=O) groups is 5. The first kappa shape index (κ1) is 30.3. The first-order valence-electron chi connectivity index (χ1n) is 12.5. The summed E-state index contributed by atoms with van der Waals surface area (Å²) in [5.41, 5.74) is 0.0184. The van der Waals surface area contributed by atoms with Crippen molar-refractivity contribution in [3.63, 3.8) is 0 Å². The summed E-state index contributed by atoms with van der Waals surface area (Å²) in [6.45, 7) is 1.78. The van der Waals surface area contributed by atoms with Crippen molar-refractivity contribution in [3.05, 3.63) is 53.1 Å². The highest BCUT2D eigenvalue weighted by molar-refractivity contribution is 7.89. The molecule has 0 spiro atoms. The first-order valence-corrected chi connectivity index (χ1v) is 14.0. The van der Waals surface area contributed by atoms with Gasteiger partial charge < -0.3 is 35.4 Å². The number of phenols is 1. The van der Waals surface area contributed by atoms with Gasteiger partial charge in [0.05, 0.1) is 11.5 Å². The largest absolute Gasteiger partial charge is 0.547 e. The van der Waals surface area contributed by atoms with E-state index in [0.29, 0.717) is 10.5 Å². The van der Waals surface area contributed by atoms with Gasteiger partial charge in [-0.05, 0) is 42.7 Å². The van der Waals surface area contributed by atoms with Gasteiger partial charge in [0.15, 0.2) is 0 Å². The van der Waals surface area contributed by atoms with Crippen molar-refractivity contribution in [2.75, 3.05) is 19.6 Å². The van der Waals surface area contributed by atoms with Crippen molar-refractivity contribution in [1.82, 2.24) is 20.4 Å². The topological polar surface area (TPSA) is 246 Å². The third-order valence-corrected chi connectivity index (χ3v) is 7.72. The monoisotopic (exact) mass is 603 g/mol. The van der Waals surface area contributed by atoms with E-state index in [1.165, 1.54) is 23.1 Å². The Labute approximate surface area is 239 Å². The molecule has 5 amide bonds. The van der Waals surface area contributed by atoms with Gasteiger partial charge in [0, 0.05) is 19.6 Å². The number of sulfonamides is 1. The number of phenolic OH excluding ortho intramolecular Hbond substituents is 1. The van der Waals surface area contributed by atoms with Crippen molar-refractivity contribution in [3.8, 4) is 11.5 Å². The Morgan fingerprint density at radius 3 is 2.50 bits per heavy atom. The second kappa shape index (κ2) is 11.7. The van der Waals surface area contributed by atoms with E-state index in [4.69, 9.17) is 9.79 Å². The van der Waals surface area contributed by atoms with Crippen LogP contribution in [0, 0.1) is 0 Å². The fraction of sp³-hybridized carbons (Fsp3) is 0.292. The molecular formula is C24H26BN5O11S. The maximum Gasteiger partial charge on any atom is 0.547 e. The van der Waals surface area contributed by atoms with Gasteiger partial charge in [-0.2, -0.15) is 0 Å². The average Bonchev–Trinajstić information content (AvgIpc) is 2.92. The number of carboxylic acids is 1. The molecule has 0 saturated carbocycles. The van der Waals surface area contributed by atoms with Crippen LogP contribution in [-0.4, -0.2) is 95.9 Å². The molecule has 2 aromatic carbocycles. The summed E-state index contributed by atoms with van der Waals surface area (Å²) in [6, 6.07) is 4.32. The number of imide groups is 1. The number of rotatable bonds is 7. The van der Waals surface area contributed by atoms with Crippen LogP contribution in [0.15, 0.2) is 41.3 Å². The molecule has 0 aromatic heterocycles. The number of hydrogen-bond donors (Lipinski definition) is 6. The number of likely N-dealkylation sites (N-methyl/N-ethyl adjacent to an activating group) is 1. The number of nitrogens with zero attached hydrogens (tertiary/aromatic N) is 2. The Balaban J connectivity index is 1.63. The van der Waals surface area contributed by atoms with E-state index in [1.54, 1.807) is 6.92 Å².